The molecule has 7 heteroatoms. The van der Waals surface area contributed by atoms with E-state index in [1.54, 1.807) is 33.3 Å². The van der Waals surface area contributed by atoms with Gasteiger partial charge in [0.1, 0.15) is 0 Å². The highest BCUT2D eigenvalue weighted by molar-refractivity contribution is 5.92. The van der Waals surface area contributed by atoms with Gasteiger partial charge in [-0.05, 0) is 25.1 Å². The summed E-state index contributed by atoms with van der Waals surface area (Å²) >= 11 is 0. The molecule has 0 bridgehead atoms. The molecule has 0 aromatic carbocycles. The average molecular weight is 274 g/mol. The number of hydrogen-bond acceptors (Lipinski definition) is 4. The van der Waals surface area contributed by atoms with Crippen LogP contribution in [0.3, 0.4) is 0 Å². The topological polar surface area (TPSA) is 88.3 Å². The summed E-state index contributed by atoms with van der Waals surface area (Å²) in [5.41, 5.74) is 0.967. The zero-order valence-electron chi connectivity index (χ0n) is 11.4. The van der Waals surface area contributed by atoms with Gasteiger partial charge in [-0.1, -0.05) is 0 Å². The Hall–Kier alpha value is -2.70. The molecule has 0 saturated carbocycles. The standard InChI is InChI=1S/C13H14N4O3/c1-8-6-9(13(19)20)7-11(14-8)17-5-4-10(15-17)12(18)16(2)3/h4-7H,1-3H3,(H,19,20). The van der Waals surface area contributed by atoms with Crippen LogP contribution < -0.4 is 0 Å². The predicted octanol–water partition coefficient (Wildman–Crippen LogP) is 0.976. The molecule has 2 aromatic heterocycles. The summed E-state index contributed by atoms with van der Waals surface area (Å²) in [4.78, 5) is 28.4. The van der Waals surface area contributed by atoms with Crippen molar-refractivity contribution in [1.82, 2.24) is 19.7 Å². The van der Waals surface area contributed by atoms with Gasteiger partial charge >= 0.3 is 5.97 Å². The number of pyridine rings is 1. The van der Waals surface area contributed by atoms with Crippen molar-refractivity contribution in [2.24, 2.45) is 0 Å². The number of carboxylic acid groups (broad SMARTS) is 1. The first-order valence-corrected chi connectivity index (χ1v) is 5.88. The van der Waals surface area contributed by atoms with Crippen molar-refractivity contribution < 1.29 is 14.7 Å². The van der Waals surface area contributed by atoms with Crippen molar-refractivity contribution >= 4 is 11.9 Å². The van der Waals surface area contributed by atoms with Crippen LogP contribution in [0.2, 0.25) is 0 Å². The number of nitrogens with zero attached hydrogens (tertiary/aromatic N) is 4. The minimum atomic E-state index is -1.03. The third kappa shape index (κ3) is 2.66. The van der Waals surface area contributed by atoms with E-state index in [0.29, 0.717) is 11.5 Å². The number of carboxylic acids is 1. The molecule has 2 aromatic rings. The number of rotatable bonds is 3. The quantitative estimate of drug-likeness (QED) is 0.901. The molecule has 104 valence electrons. The molecule has 0 aliphatic heterocycles. The Morgan fingerprint density at radius 1 is 1.30 bits per heavy atom. The molecule has 7 nitrogen and oxygen atoms in total. The number of hydrogen-bond donors (Lipinski definition) is 1. The summed E-state index contributed by atoms with van der Waals surface area (Å²) in [5, 5.41) is 13.1. The van der Waals surface area contributed by atoms with E-state index in [4.69, 9.17) is 5.11 Å². The average Bonchev–Trinajstić information content (AvgIpc) is 2.86. The van der Waals surface area contributed by atoms with E-state index in [1.807, 2.05) is 0 Å². The van der Waals surface area contributed by atoms with Crippen molar-refractivity contribution in [2.75, 3.05) is 14.1 Å². The molecular weight excluding hydrogens is 260 g/mol. The van der Waals surface area contributed by atoms with E-state index in [0.717, 1.165) is 0 Å². The van der Waals surface area contributed by atoms with Crippen molar-refractivity contribution in [1.29, 1.82) is 0 Å². The van der Waals surface area contributed by atoms with Gasteiger partial charge < -0.3 is 10.0 Å². The molecule has 0 aliphatic carbocycles. The summed E-state index contributed by atoms with van der Waals surface area (Å²) in [7, 11) is 3.27. The normalized spacial score (nSPS) is 10.3. The second-order valence-corrected chi connectivity index (χ2v) is 4.51. The zero-order valence-corrected chi connectivity index (χ0v) is 11.4. The number of amides is 1. The van der Waals surface area contributed by atoms with Gasteiger partial charge in [0.15, 0.2) is 11.5 Å². The van der Waals surface area contributed by atoms with Crippen molar-refractivity contribution in [3.63, 3.8) is 0 Å². The van der Waals surface area contributed by atoms with Gasteiger partial charge in [-0.3, -0.25) is 4.79 Å². The summed E-state index contributed by atoms with van der Waals surface area (Å²) in [6, 6.07) is 4.44. The van der Waals surface area contributed by atoms with Crippen molar-refractivity contribution in [3.05, 3.63) is 41.3 Å². The Labute approximate surface area is 115 Å². The van der Waals surface area contributed by atoms with Crippen molar-refractivity contribution in [3.8, 4) is 5.82 Å². The maximum atomic E-state index is 11.8. The first-order valence-electron chi connectivity index (χ1n) is 5.88. The molecule has 2 heterocycles. The van der Waals surface area contributed by atoms with Gasteiger partial charge in [0.05, 0.1) is 5.56 Å². The van der Waals surface area contributed by atoms with Gasteiger partial charge in [-0.2, -0.15) is 5.10 Å². The minimum Gasteiger partial charge on any atom is -0.478 e. The van der Waals surface area contributed by atoms with Gasteiger partial charge in [-0.25, -0.2) is 14.5 Å². The van der Waals surface area contributed by atoms with Crippen LogP contribution in [-0.4, -0.2) is 50.7 Å². The van der Waals surface area contributed by atoms with Crippen LogP contribution in [-0.2, 0) is 0 Å². The van der Waals surface area contributed by atoms with Crippen LogP contribution in [0, 0.1) is 6.92 Å². The molecule has 2 rings (SSSR count). The second kappa shape index (κ2) is 5.12. The van der Waals surface area contributed by atoms with Crippen LogP contribution in [0.25, 0.3) is 5.82 Å². The Kier molecular flexibility index (Phi) is 3.51. The maximum absolute atomic E-state index is 11.8. The van der Waals surface area contributed by atoms with Crippen LogP contribution in [0.1, 0.15) is 26.5 Å². The SMILES string of the molecule is Cc1cc(C(=O)O)cc(-n2ccc(C(=O)N(C)C)n2)n1. The molecule has 0 atom stereocenters. The lowest BCUT2D eigenvalue weighted by Crippen LogP contribution is -2.22. The van der Waals surface area contributed by atoms with Gasteiger partial charge in [0, 0.05) is 26.0 Å². The maximum Gasteiger partial charge on any atom is 0.335 e. The van der Waals surface area contributed by atoms with Gasteiger partial charge in [0.2, 0.25) is 0 Å². The third-order valence-corrected chi connectivity index (χ3v) is 2.64. The Morgan fingerprint density at radius 2 is 2.00 bits per heavy atom. The van der Waals surface area contributed by atoms with Crippen LogP contribution in [0.15, 0.2) is 24.4 Å². The monoisotopic (exact) mass is 274 g/mol. The number of aromatic carboxylic acids is 1. The smallest absolute Gasteiger partial charge is 0.335 e. The summed E-state index contributed by atoms with van der Waals surface area (Å²) < 4.78 is 1.39. The van der Waals surface area contributed by atoms with E-state index in [1.165, 1.54) is 21.7 Å². The largest absolute Gasteiger partial charge is 0.478 e. The highest BCUT2D eigenvalue weighted by atomic mass is 16.4. The van der Waals surface area contributed by atoms with E-state index < -0.39 is 5.97 Å². The molecule has 0 unspecified atom stereocenters. The van der Waals surface area contributed by atoms with Crippen LogP contribution >= 0.6 is 0 Å². The predicted molar refractivity (Wildman–Crippen MR) is 71.1 cm³/mol. The number of aryl methyl sites for hydroxylation is 1. The molecule has 1 N–H and O–H groups in total. The molecule has 1 amide bonds. The Bertz CT molecular complexity index is 676. The van der Waals surface area contributed by atoms with Crippen LogP contribution in [0.4, 0.5) is 0 Å². The Morgan fingerprint density at radius 3 is 2.60 bits per heavy atom. The number of carbonyl (C=O) groups is 2. The number of aromatic nitrogens is 3. The summed E-state index contributed by atoms with van der Waals surface area (Å²) in [6.07, 6.45) is 1.57. The van der Waals surface area contributed by atoms with Crippen LogP contribution in [0.5, 0.6) is 0 Å². The fourth-order valence-electron chi connectivity index (χ4n) is 1.69. The zero-order chi connectivity index (χ0) is 14.9. The molecule has 0 saturated heterocycles. The first kappa shape index (κ1) is 13.7. The number of carbonyl (C=O) groups excluding carboxylic acids is 1. The fraction of sp³-hybridized carbons (Fsp3) is 0.231. The highest BCUT2D eigenvalue weighted by Crippen LogP contribution is 2.11. The molecular formula is C13H14N4O3. The lowest BCUT2D eigenvalue weighted by molar-refractivity contribution is 0.0696. The van der Waals surface area contributed by atoms with Gasteiger partial charge in [0.25, 0.3) is 5.91 Å². The molecule has 0 radical (unpaired) electrons. The molecule has 0 spiro atoms. The third-order valence-electron chi connectivity index (χ3n) is 2.64. The first-order chi connectivity index (χ1) is 9.38. The molecule has 0 fully saturated rings. The highest BCUT2D eigenvalue weighted by Gasteiger charge is 2.13. The fourth-order valence-corrected chi connectivity index (χ4v) is 1.69. The Balaban J connectivity index is 2.42. The van der Waals surface area contributed by atoms with E-state index in [-0.39, 0.29) is 17.2 Å². The van der Waals surface area contributed by atoms with E-state index in [2.05, 4.69) is 10.1 Å². The van der Waals surface area contributed by atoms with Crippen molar-refractivity contribution in [2.45, 2.75) is 6.92 Å². The second-order valence-electron chi connectivity index (χ2n) is 4.51. The molecule has 0 aliphatic rings. The van der Waals surface area contributed by atoms with E-state index >= 15 is 0 Å². The summed E-state index contributed by atoms with van der Waals surface area (Å²) in [6.45, 7) is 1.70. The summed E-state index contributed by atoms with van der Waals surface area (Å²) in [5.74, 6) is -0.899. The minimum absolute atomic E-state index is 0.128. The molecule has 20 heavy (non-hydrogen) atoms. The van der Waals surface area contributed by atoms with Gasteiger partial charge in [-0.15, -0.1) is 0 Å². The van der Waals surface area contributed by atoms with E-state index in [9.17, 15) is 9.59 Å². The lowest BCUT2D eigenvalue weighted by Gasteiger charge is -2.07. The lowest BCUT2D eigenvalue weighted by atomic mass is 10.2.